The summed E-state index contributed by atoms with van der Waals surface area (Å²) >= 11 is 6.51. The number of carbonyl (C=O) groups is 4. The number of aryl methyl sites for hydroxylation is 1. The quantitative estimate of drug-likeness (QED) is 0.158. The first-order chi connectivity index (χ1) is 21.6. The van der Waals surface area contributed by atoms with Crippen molar-refractivity contribution in [1.29, 1.82) is 0 Å². The summed E-state index contributed by atoms with van der Waals surface area (Å²) in [5.41, 5.74) is 3.64. The molecule has 0 aromatic heterocycles. The second kappa shape index (κ2) is 21.3. The molecule has 0 fully saturated rings. The Morgan fingerprint density at radius 3 is 1.38 bits per heavy atom. The molecule has 0 saturated heterocycles. The normalized spacial score (nSPS) is 9.24. The van der Waals surface area contributed by atoms with Crippen molar-refractivity contribution in [3.8, 4) is 28.7 Å². The molecule has 238 valence electrons. The SMILES string of the molecule is COc1cc(Br)c(C=O)cc1OC.COc1cc(C=O)cc(OC)c1.COc1ccc(C=O)cc1Br.Cc1ccc(C=O)cc1. The minimum atomic E-state index is 0.539. The Morgan fingerprint density at radius 2 is 0.956 bits per heavy atom. The lowest BCUT2D eigenvalue weighted by Crippen LogP contribution is -1.93. The zero-order valence-electron chi connectivity index (χ0n) is 25.7. The van der Waals surface area contributed by atoms with Crippen LogP contribution in [-0.2, 0) is 0 Å². The van der Waals surface area contributed by atoms with Crippen molar-refractivity contribution in [1.82, 2.24) is 0 Å². The highest BCUT2D eigenvalue weighted by molar-refractivity contribution is 9.10. The number of rotatable bonds is 9. The average Bonchev–Trinajstić information content (AvgIpc) is 3.08. The number of hydrogen-bond acceptors (Lipinski definition) is 9. The van der Waals surface area contributed by atoms with Gasteiger partial charge >= 0.3 is 0 Å². The molecule has 0 unspecified atom stereocenters. The Kier molecular flexibility index (Phi) is 18.2. The largest absolute Gasteiger partial charge is 0.497 e. The lowest BCUT2D eigenvalue weighted by atomic mass is 10.2. The van der Waals surface area contributed by atoms with Crippen LogP contribution in [0.4, 0.5) is 0 Å². The summed E-state index contributed by atoms with van der Waals surface area (Å²) < 4.78 is 26.5. The zero-order valence-corrected chi connectivity index (χ0v) is 28.8. The molecule has 0 saturated carbocycles. The van der Waals surface area contributed by atoms with Crippen molar-refractivity contribution in [2.24, 2.45) is 0 Å². The monoisotopic (exact) mass is 744 g/mol. The molecule has 0 atom stereocenters. The van der Waals surface area contributed by atoms with Crippen LogP contribution in [0.3, 0.4) is 0 Å². The van der Waals surface area contributed by atoms with Gasteiger partial charge < -0.3 is 23.7 Å². The minimum absolute atomic E-state index is 0.539. The predicted molar refractivity (Wildman–Crippen MR) is 180 cm³/mol. The van der Waals surface area contributed by atoms with Crippen LogP contribution in [0.5, 0.6) is 28.7 Å². The number of hydrogen-bond donors (Lipinski definition) is 0. The van der Waals surface area contributed by atoms with E-state index in [1.54, 1.807) is 77.0 Å². The Balaban J connectivity index is 0.000000302. The lowest BCUT2D eigenvalue weighted by Gasteiger charge is -2.08. The van der Waals surface area contributed by atoms with Gasteiger partial charge in [-0.25, -0.2) is 0 Å². The summed E-state index contributed by atoms with van der Waals surface area (Å²) in [6.45, 7) is 1.99. The molecular weight excluding hydrogens is 712 g/mol. The van der Waals surface area contributed by atoms with E-state index in [1.165, 1.54) is 12.7 Å². The summed E-state index contributed by atoms with van der Waals surface area (Å²) in [4.78, 5) is 41.4. The highest BCUT2D eigenvalue weighted by atomic mass is 79.9. The third-order valence-electron chi connectivity index (χ3n) is 5.67. The van der Waals surface area contributed by atoms with Gasteiger partial charge in [-0.3, -0.25) is 19.2 Å². The Morgan fingerprint density at radius 1 is 0.467 bits per heavy atom. The summed E-state index contributed by atoms with van der Waals surface area (Å²) in [6.07, 6.45) is 3.15. The van der Waals surface area contributed by atoms with E-state index in [0.717, 1.165) is 40.9 Å². The van der Waals surface area contributed by atoms with Gasteiger partial charge in [-0.05, 0) is 81.2 Å². The Bertz CT molecular complexity index is 1520. The van der Waals surface area contributed by atoms with E-state index >= 15 is 0 Å². The standard InChI is InChI=1S/C9H9BrO3.C9H10O3.C8H7BrO2.C8H8O/c1-12-8-3-6(5-11)7(10)4-9(8)13-2;1-11-8-3-7(6-10)4-9(5-8)12-2;1-11-8-3-2-6(5-10)4-7(8)9;1-7-2-4-8(6-9)5-3-7/h3-5H,1-2H3;3-6H,1-2H3;2-5H,1H3;2-6H,1H3. The summed E-state index contributed by atoms with van der Waals surface area (Å²) in [7, 11) is 7.75. The van der Waals surface area contributed by atoms with Gasteiger partial charge in [0.05, 0.1) is 40.0 Å². The Hall–Kier alpha value is -4.48. The third-order valence-corrected chi connectivity index (χ3v) is 6.97. The van der Waals surface area contributed by atoms with Crippen molar-refractivity contribution < 1.29 is 42.9 Å². The predicted octanol–water partition coefficient (Wildman–Crippen LogP) is 7.87. The van der Waals surface area contributed by atoms with Crippen molar-refractivity contribution in [3.63, 3.8) is 0 Å². The first-order valence-corrected chi connectivity index (χ1v) is 14.6. The maximum absolute atomic E-state index is 10.6. The van der Waals surface area contributed by atoms with Crippen LogP contribution < -0.4 is 23.7 Å². The fraction of sp³-hybridized carbons (Fsp3) is 0.176. The second-order valence-electron chi connectivity index (χ2n) is 8.65. The summed E-state index contributed by atoms with van der Waals surface area (Å²) in [5.74, 6) is 3.12. The maximum atomic E-state index is 10.6. The van der Waals surface area contributed by atoms with Crippen molar-refractivity contribution in [2.75, 3.05) is 35.5 Å². The molecule has 0 radical (unpaired) electrons. The summed E-state index contributed by atoms with van der Waals surface area (Å²) in [6, 6.07) is 20.9. The number of methoxy groups -OCH3 is 5. The molecule has 45 heavy (non-hydrogen) atoms. The molecule has 0 aliphatic heterocycles. The van der Waals surface area contributed by atoms with E-state index in [4.69, 9.17) is 23.7 Å². The first-order valence-electron chi connectivity index (χ1n) is 13.0. The van der Waals surface area contributed by atoms with Gasteiger partial charge in [0.1, 0.15) is 36.1 Å². The minimum Gasteiger partial charge on any atom is -0.497 e. The van der Waals surface area contributed by atoms with E-state index in [1.807, 2.05) is 31.2 Å². The molecule has 11 heteroatoms. The van der Waals surface area contributed by atoms with Gasteiger partial charge in [0.15, 0.2) is 17.8 Å². The van der Waals surface area contributed by atoms with E-state index in [9.17, 15) is 19.2 Å². The zero-order chi connectivity index (χ0) is 33.8. The van der Waals surface area contributed by atoms with E-state index in [-0.39, 0.29) is 0 Å². The number of aldehydes is 4. The summed E-state index contributed by atoms with van der Waals surface area (Å²) in [5, 5.41) is 0. The lowest BCUT2D eigenvalue weighted by molar-refractivity contribution is 0.111. The van der Waals surface area contributed by atoms with Crippen molar-refractivity contribution >= 4 is 57.0 Å². The molecule has 0 bridgehead atoms. The highest BCUT2D eigenvalue weighted by Gasteiger charge is 2.08. The topological polar surface area (TPSA) is 114 Å². The van der Waals surface area contributed by atoms with Crippen LogP contribution in [0, 0.1) is 6.92 Å². The van der Waals surface area contributed by atoms with Gasteiger partial charge in [0.25, 0.3) is 0 Å². The molecule has 4 aromatic rings. The number of halogens is 2. The molecule has 0 aliphatic carbocycles. The van der Waals surface area contributed by atoms with Crippen LogP contribution in [0.1, 0.15) is 47.0 Å². The van der Waals surface area contributed by atoms with Crippen LogP contribution in [-0.4, -0.2) is 60.7 Å². The number of ether oxygens (including phenoxy) is 5. The van der Waals surface area contributed by atoms with Gasteiger partial charge in [-0.15, -0.1) is 0 Å². The second-order valence-corrected chi connectivity index (χ2v) is 10.4. The van der Waals surface area contributed by atoms with Crippen LogP contribution in [0.25, 0.3) is 0 Å². The molecule has 0 amide bonds. The first kappa shape index (κ1) is 38.5. The molecule has 0 heterocycles. The third kappa shape index (κ3) is 13.4. The van der Waals surface area contributed by atoms with Gasteiger partial charge in [-0.2, -0.15) is 0 Å². The molecule has 0 N–H and O–H groups in total. The van der Waals surface area contributed by atoms with E-state index in [2.05, 4.69) is 31.9 Å². The van der Waals surface area contributed by atoms with E-state index < -0.39 is 0 Å². The van der Waals surface area contributed by atoms with Crippen LogP contribution >= 0.6 is 31.9 Å². The fourth-order valence-electron chi connectivity index (χ4n) is 3.26. The Labute approximate surface area is 279 Å². The molecule has 4 rings (SSSR count). The van der Waals surface area contributed by atoms with Crippen molar-refractivity contribution in [3.05, 3.63) is 110 Å². The van der Waals surface area contributed by atoms with Crippen LogP contribution in [0.2, 0.25) is 0 Å². The van der Waals surface area contributed by atoms with Gasteiger partial charge in [0.2, 0.25) is 0 Å². The molecule has 4 aromatic carbocycles. The van der Waals surface area contributed by atoms with Crippen LogP contribution in [0.15, 0.2) is 81.7 Å². The molecule has 0 aliphatic rings. The van der Waals surface area contributed by atoms with Gasteiger partial charge in [0, 0.05) is 32.8 Å². The van der Waals surface area contributed by atoms with Gasteiger partial charge in [-0.1, -0.05) is 29.8 Å². The highest BCUT2D eigenvalue weighted by Crippen LogP contribution is 2.32. The fourth-order valence-corrected chi connectivity index (χ4v) is 4.23. The average molecular weight is 746 g/mol. The van der Waals surface area contributed by atoms with E-state index in [0.29, 0.717) is 44.2 Å². The molecular formula is C34H34Br2O9. The maximum Gasteiger partial charge on any atom is 0.161 e. The molecule has 9 nitrogen and oxygen atoms in total. The smallest absolute Gasteiger partial charge is 0.161 e. The number of carbonyl (C=O) groups excluding carboxylic acids is 4. The van der Waals surface area contributed by atoms with Crippen molar-refractivity contribution in [2.45, 2.75) is 6.92 Å². The number of benzene rings is 4. The molecule has 0 spiro atoms.